The number of nitrogens with one attached hydrogen (secondary N) is 2. The number of methoxy groups -OCH3 is 1. The van der Waals surface area contributed by atoms with Crippen LogP contribution in [0.2, 0.25) is 0 Å². The first-order valence-electron chi connectivity index (χ1n) is 11.2. The van der Waals surface area contributed by atoms with Crippen molar-refractivity contribution in [1.29, 1.82) is 0 Å². The molecule has 2 aliphatic rings. The van der Waals surface area contributed by atoms with Crippen LogP contribution in [0.4, 0.5) is 0 Å². The van der Waals surface area contributed by atoms with Crippen LogP contribution in [0.5, 0.6) is 5.75 Å². The summed E-state index contributed by atoms with van der Waals surface area (Å²) in [5.74, 6) is 1.24. The maximum atomic E-state index is 12.8. The predicted molar refractivity (Wildman–Crippen MR) is 122 cm³/mol. The van der Waals surface area contributed by atoms with Crippen molar-refractivity contribution in [3.8, 4) is 23.0 Å². The van der Waals surface area contributed by atoms with E-state index in [4.69, 9.17) is 9.72 Å². The van der Waals surface area contributed by atoms with Crippen LogP contribution < -0.4 is 15.4 Å². The number of hydrogen-bond acceptors (Lipinski definition) is 6. The second kappa shape index (κ2) is 8.65. The number of amides is 2. The fourth-order valence-corrected chi connectivity index (χ4v) is 4.27. The number of benzene rings is 1. The van der Waals surface area contributed by atoms with Gasteiger partial charge in [-0.1, -0.05) is 0 Å². The molecule has 0 atom stereocenters. The van der Waals surface area contributed by atoms with Gasteiger partial charge in [-0.05, 0) is 55.0 Å². The molecule has 9 nitrogen and oxygen atoms in total. The van der Waals surface area contributed by atoms with Crippen molar-refractivity contribution < 1.29 is 14.3 Å². The lowest BCUT2D eigenvalue weighted by Gasteiger charge is -2.20. The maximum Gasteiger partial charge on any atom is 0.254 e. The molecule has 3 aromatic rings. The van der Waals surface area contributed by atoms with Crippen molar-refractivity contribution in [2.45, 2.75) is 38.5 Å². The Morgan fingerprint density at radius 1 is 1.12 bits per heavy atom. The molecule has 0 saturated heterocycles. The molecule has 1 fully saturated rings. The lowest BCUT2D eigenvalue weighted by molar-refractivity contribution is -0.118. The number of carbonyl (C=O) groups is 2. The van der Waals surface area contributed by atoms with E-state index in [-0.39, 0.29) is 17.7 Å². The lowest BCUT2D eigenvalue weighted by Crippen LogP contribution is -2.33. The summed E-state index contributed by atoms with van der Waals surface area (Å²) >= 11 is 0. The first kappa shape index (κ1) is 21.1. The van der Waals surface area contributed by atoms with Gasteiger partial charge in [0, 0.05) is 37.7 Å². The second-order valence-corrected chi connectivity index (χ2v) is 8.44. The molecule has 1 saturated carbocycles. The Morgan fingerprint density at radius 2 is 1.91 bits per heavy atom. The van der Waals surface area contributed by atoms with Gasteiger partial charge in [0.1, 0.15) is 5.75 Å². The Morgan fingerprint density at radius 3 is 2.67 bits per heavy atom. The summed E-state index contributed by atoms with van der Waals surface area (Å²) < 4.78 is 7.08. The van der Waals surface area contributed by atoms with Crippen molar-refractivity contribution in [1.82, 2.24) is 30.4 Å². The van der Waals surface area contributed by atoms with E-state index in [0.717, 1.165) is 53.9 Å². The number of ether oxygens (including phenoxy) is 1. The van der Waals surface area contributed by atoms with Gasteiger partial charge in [0.15, 0.2) is 0 Å². The highest BCUT2D eigenvalue weighted by molar-refractivity contribution is 5.95. The van der Waals surface area contributed by atoms with E-state index in [9.17, 15) is 9.59 Å². The monoisotopic (exact) mass is 446 g/mol. The minimum Gasteiger partial charge on any atom is -0.497 e. The smallest absolute Gasteiger partial charge is 0.254 e. The molecular formula is C24H26N6O3. The molecular weight excluding hydrogens is 420 g/mol. The Hall–Kier alpha value is -3.75. The van der Waals surface area contributed by atoms with Crippen molar-refractivity contribution in [2.75, 3.05) is 20.2 Å². The van der Waals surface area contributed by atoms with E-state index in [1.54, 1.807) is 18.0 Å². The van der Waals surface area contributed by atoms with Crippen LogP contribution in [0.1, 0.15) is 52.9 Å². The van der Waals surface area contributed by atoms with Gasteiger partial charge in [-0.2, -0.15) is 5.10 Å². The first-order valence-corrected chi connectivity index (χ1v) is 11.2. The fraction of sp³-hybridized carbons (Fsp3) is 0.375. The summed E-state index contributed by atoms with van der Waals surface area (Å²) in [5.41, 5.74) is 5.67. The highest BCUT2D eigenvalue weighted by Gasteiger charge is 2.34. The number of hydrogen-bond donors (Lipinski definition) is 2. The molecule has 33 heavy (non-hydrogen) atoms. The highest BCUT2D eigenvalue weighted by Crippen LogP contribution is 2.42. The van der Waals surface area contributed by atoms with Crippen LogP contribution >= 0.6 is 0 Å². The topological polar surface area (TPSA) is 111 Å². The SMILES string of the molecule is COc1ccc2c(c1)CCc1cnc(-n3ncc(C(=O)NCCNC(C)=O)c3C3CC3)nc1-2. The molecule has 5 rings (SSSR count). The molecule has 9 heteroatoms. The molecule has 0 bridgehead atoms. The Bertz CT molecular complexity index is 1230. The molecule has 0 spiro atoms. The third kappa shape index (κ3) is 4.18. The molecule has 170 valence electrons. The molecule has 1 aromatic carbocycles. The van der Waals surface area contributed by atoms with Crippen LogP contribution in [-0.4, -0.2) is 51.8 Å². The zero-order chi connectivity index (χ0) is 22.9. The van der Waals surface area contributed by atoms with Gasteiger partial charge in [-0.15, -0.1) is 0 Å². The largest absolute Gasteiger partial charge is 0.497 e. The van der Waals surface area contributed by atoms with Crippen molar-refractivity contribution in [3.63, 3.8) is 0 Å². The van der Waals surface area contributed by atoms with Crippen LogP contribution in [0.3, 0.4) is 0 Å². The Labute approximate surface area is 191 Å². The summed E-state index contributed by atoms with van der Waals surface area (Å²) in [6, 6.07) is 6.05. The third-order valence-electron chi connectivity index (χ3n) is 6.07. The van der Waals surface area contributed by atoms with Crippen LogP contribution in [0, 0.1) is 0 Å². The highest BCUT2D eigenvalue weighted by atomic mass is 16.5. The molecule has 2 amide bonds. The van der Waals surface area contributed by atoms with Gasteiger partial charge in [0.05, 0.1) is 30.3 Å². The van der Waals surface area contributed by atoms with E-state index >= 15 is 0 Å². The van der Waals surface area contributed by atoms with E-state index in [2.05, 4.69) is 26.8 Å². The zero-order valence-corrected chi connectivity index (χ0v) is 18.7. The summed E-state index contributed by atoms with van der Waals surface area (Å²) in [6.07, 6.45) is 7.25. The van der Waals surface area contributed by atoms with Gasteiger partial charge in [0.25, 0.3) is 11.9 Å². The van der Waals surface area contributed by atoms with Crippen LogP contribution in [-0.2, 0) is 17.6 Å². The van der Waals surface area contributed by atoms with E-state index in [0.29, 0.717) is 24.6 Å². The predicted octanol–water partition coefficient (Wildman–Crippen LogP) is 2.18. The molecule has 0 aliphatic heterocycles. The van der Waals surface area contributed by atoms with Gasteiger partial charge in [0.2, 0.25) is 5.91 Å². The van der Waals surface area contributed by atoms with Crippen molar-refractivity contribution >= 4 is 11.8 Å². The fourth-order valence-electron chi connectivity index (χ4n) is 4.27. The number of carbonyl (C=O) groups excluding carboxylic acids is 2. The normalized spacial score (nSPS) is 14.2. The standard InChI is InChI=1S/C24H26N6O3/c1-14(31)25-9-10-26-23(32)20-13-28-30(22(20)15-3-4-15)24-27-12-17-6-5-16-11-18(33-2)7-8-19(16)21(17)29-24/h7-8,11-13,15H,3-6,9-10H2,1-2H3,(H,25,31)(H,26,32). The average molecular weight is 447 g/mol. The average Bonchev–Trinajstić information content (AvgIpc) is 3.58. The van der Waals surface area contributed by atoms with Gasteiger partial charge >= 0.3 is 0 Å². The summed E-state index contributed by atoms with van der Waals surface area (Å²) in [4.78, 5) is 33.3. The number of fused-ring (bicyclic) bond motifs is 3. The van der Waals surface area contributed by atoms with E-state index in [1.165, 1.54) is 12.5 Å². The van der Waals surface area contributed by atoms with Gasteiger partial charge in [-0.25, -0.2) is 14.6 Å². The summed E-state index contributed by atoms with van der Waals surface area (Å²) in [6.45, 7) is 2.18. The van der Waals surface area contributed by atoms with Gasteiger partial charge in [-0.3, -0.25) is 9.59 Å². The van der Waals surface area contributed by atoms with Crippen molar-refractivity contribution in [3.05, 3.63) is 53.0 Å². The molecule has 2 aliphatic carbocycles. The molecule has 2 aromatic heterocycles. The van der Waals surface area contributed by atoms with Gasteiger partial charge < -0.3 is 15.4 Å². The number of nitrogens with zero attached hydrogens (tertiary/aromatic N) is 4. The lowest BCUT2D eigenvalue weighted by atomic mass is 9.90. The number of rotatable bonds is 7. The number of aromatic nitrogens is 4. The second-order valence-electron chi connectivity index (χ2n) is 8.44. The Kier molecular flexibility index (Phi) is 5.53. The third-order valence-corrected chi connectivity index (χ3v) is 6.07. The first-order chi connectivity index (χ1) is 16.0. The van der Waals surface area contributed by atoms with E-state index in [1.807, 2.05) is 18.3 Å². The van der Waals surface area contributed by atoms with E-state index < -0.39 is 0 Å². The minimum atomic E-state index is -0.205. The zero-order valence-electron chi connectivity index (χ0n) is 18.7. The summed E-state index contributed by atoms with van der Waals surface area (Å²) in [5, 5.41) is 10.0. The van der Waals surface area contributed by atoms with Crippen LogP contribution in [0.15, 0.2) is 30.6 Å². The minimum absolute atomic E-state index is 0.125. The molecule has 0 radical (unpaired) electrons. The maximum absolute atomic E-state index is 12.8. The van der Waals surface area contributed by atoms with Crippen LogP contribution in [0.25, 0.3) is 17.2 Å². The quantitative estimate of drug-likeness (QED) is 0.538. The van der Waals surface area contributed by atoms with Crippen molar-refractivity contribution in [2.24, 2.45) is 0 Å². The summed E-state index contributed by atoms with van der Waals surface area (Å²) in [7, 11) is 1.67. The Balaban J connectivity index is 1.46. The number of aryl methyl sites for hydroxylation is 2. The molecule has 0 unspecified atom stereocenters. The molecule has 2 heterocycles. The molecule has 2 N–H and O–H groups in total.